The summed E-state index contributed by atoms with van der Waals surface area (Å²) >= 11 is 0. The highest BCUT2D eigenvalue weighted by Crippen LogP contribution is 2.24. The molecule has 0 aromatic heterocycles. The molecule has 23 heavy (non-hydrogen) atoms. The van der Waals surface area contributed by atoms with Crippen LogP contribution >= 0.6 is 0 Å². The number of benzene rings is 1. The summed E-state index contributed by atoms with van der Waals surface area (Å²) < 4.78 is 0. The lowest BCUT2D eigenvalue weighted by Crippen LogP contribution is -2.39. The number of anilines is 1. The Balaban J connectivity index is 2.09. The van der Waals surface area contributed by atoms with E-state index in [9.17, 15) is 14.7 Å². The zero-order chi connectivity index (χ0) is 17.0. The third-order valence-corrected chi connectivity index (χ3v) is 4.63. The fraction of sp³-hybridized carbons (Fsp3) is 0.556. The maximum Gasteiger partial charge on any atom is 0.313 e. The molecule has 1 aromatic carbocycles. The summed E-state index contributed by atoms with van der Waals surface area (Å²) in [6, 6.07) is 5.92. The van der Waals surface area contributed by atoms with Crippen molar-refractivity contribution in [2.45, 2.75) is 46.1 Å². The van der Waals surface area contributed by atoms with Gasteiger partial charge in [0, 0.05) is 24.7 Å². The number of nitrogens with zero attached hydrogens (tertiary/aromatic N) is 1. The van der Waals surface area contributed by atoms with Gasteiger partial charge in [0.25, 0.3) is 0 Å². The van der Waals surface area contributed by atoms with Crippen LogP contribution in [0.15, 0.2) is 18.2 Å². The molecular weight excluding hydrogens is 292 g/mol. The topological polar surface area (TPSA) is 69.6 Å². The third kappa shape index (κ3) is 3.91. The molecule has 1 aliphatic rings. The first-order valence-electron chi connectivity index (χ1n) is 8.37. The first-order chi connectivity index (χ1) is 11.0. The van der Waals surface area contributed by atoms with Crippen LogP contribution in [0.1, 0.15) is 38.3 Å². The Hall–Kier alpha value is -1.88. The van der Waals surface area contributed by atoms with E-state index in [1.807, 2.05) is 32.0 Å². The van der Waals surface area contributed by atoms with E-state index in [0.29, 0.717) is 13.1 Å². The van der Waals surface area contributed by atoms with Crippen molar-refractivity contribution in [2.24, 2.45) is 5.92 Å². The van der Waals surface area contributed by atoms with E-state index >= 15 is 0 Å². The van der Waals surface area contributed by atoms with Crippen LogP contribution in [0.5, 0.6) is 0 Å². The van der Waals surface area contributed by atoms with Gasteiger partial charge in [-0.2, -0.15) is 0 Å². The highest BCUT2D eigenvalue weighted by molar-refractivity contribution is 6.39. The number of aryl methyl sites for hydroxylation is 2. The van der Waals surface area contributed by atoms with Gasteiger partial charge in [-0.05, 0) is 37.3 Å². The summed E-state index contributed by atoms with van der Waals surface area (Å²) in [4.78, 5) is 26.2. The molecule has 1 aromatic rings. The second-order valence-corrected chi connectivity index (χ2v) is 6.15. The van der Waals surface area contributed by atoms with Gasteiger partial charge >= 0.3 is 11.8 Å². The summed E-state index contributed by atoms with van der Waals surface area (Å²) in [5.41, 5.74) is 2.84. The van der Waals surface area contributed by atoms with Gasteiger partial charge in [-0.1, -0.05) is 32.0 Å². The first-order valence-corrected chi connectivity index (χ1v) is 8.37. The molecule has 0 aliphatic carbocycles. The van der Waals surface area contributed by atoms with Crippen molar-refractivity contribution < 1.29 is 14.7 Å². The zero-order valence-electron chi connectivity index (χ0n) is 14.1. The normalized spacial score (nSPS) is 18.8. The van der Waals surface area contributed by atoms with Crippen LogP contribution in [0.25, 0.3) is 0 Å². The SMILES string of the molecule is CCc1cccc(CC)c1NC(=O)C(=O)N1CCC(C(C)O)C1. The molecule has 0 spiro atoms. The van der Waals surface area contributed by atoms with E-state index in [2.05, 4.69) is 5.32 Å². The van der Waals surface area contributed by atoms with E-state index in [-0.39, 0.29) is 5.92 Å². The molecule has 1 saturated heterocycles. The van der Waals surface area contributed by atoms with Crippen molar-refractivity contribution in [3.8, 4) is 0 Å². The van der Waals surface area contributed by atoms with E-state index in [1.165, 1.54) is 4.90 Å². The van der Waals surface area contributed by atoms with Gasteiger partial charge < -0.3 is 15.3 Å². The molecule has 1 heterocycles. The molecule has 1 aliphatic heterocycles. The van der Waals surface area contributed by atoms with Gasteiger partial charge in [-0.25, -0.2) is 0 Å². The highest BCUT2D eigenvalue weighted by atomic mass is 16.3. The van der Waals surface area contributed by atoms with E-state index in [4.69, 9.17) is 0 Å². The van der Waals surface area contributed by atoms with Gasteiger partial charge in [0.05, 0.1) is 6.10 Å². The summed E-state index contributed by atoms with van der Waals surface area (Å²) in [5, 5.41) is 12.4. The van der Waals surface area contributed by atoms with Gasteiger partial charge in [0.15, 0.2) is 0 Å². The van der Waals surface area contributed by atoms with Crippen LogP contribution in [0, 0.1) is 5.92 Å². The zero-order valence-corrected chi connectivity index (χ0v) is 14.1. The molecule has 2 rings (SSSR count). The van der Waals surface area contributed by atoms with E-state index < -0.39 is 17.9 Å². The minimum absolute atomic E-state index is 0.0564. The Bertz CT molecular complexity index is 561. The van der Waals surface area contributed by atoms with Gasteiger partial charge in [0.1, 0.15) is 0 Å². The standard InChI is InChI=1S/C18H26N2O3/c1-4-13-7-6-8-14(5-2)16(13)19-17(22)18(23)20-10-9-15(11-20)12(3)21/h6-8,12,15,21H,4-5,9-11H2,1-3H3,(H,19,22). The molecule has 2 N–H and O–H groups in total. The number of carbonyl (C=O) groups is 2. The first kappa shape index (κ1) is 17.5. The Morgan fingerprint density at radius 1 is 1.30 bits per heavy atom. The predicted octanol–water partition coefficient (Wildman–Crippen LogP) is 1.98. The number of hydrogen-bond acceptors (Lipinski definition) is 3. The minimum atomic E-state index is -0.591. The van der Waals surface area contributed by atoms with Crippen LogP contribution in [0.3, 0.4) is 0 Å². The number of rotatable bonds is 4. The number of nitrogens with one attached hydrogen (secondary N) is 1. The molecule has 2 unspecified atom stereocenters. The number of likely N-dealkylation sites (tertiary alicyclic amines) is 1. The van der Waals surface area contributed by atoms with Crippen LogP contribution < -0.4 is 5.32 Å². The van der Waals surface area contributed by atoms with Gasteiger partial charge in [0.2, 0.25) is 0 Å². The maximum absolute atomic E-state index is 12.3. The maximum atomic E-state index is 12.3. The number of amides is 2. The average molecular weight is 318 g/mol. The molecule has 5 heteroatoms. The monoisotopic (exact) mass is 318 g/mol. The molecule has 0 saturated carbocycles. The Kier molecular flexibility index (Phi) is 5.77. The van der Waals surface area contributed by atoms with Crippen LogP contribution in [-0.4, -0.2) is 41.0 Å². The highest BCUT2D eigenvalue weighted by Gasteiger charge is 2.32. The van der Waals surface area contributed by atoms with Gasteiger partial charge in [-0.3, -0.25) is 9.59 Å². The summed E-state index contributed by atoms with van der Waals surface area (Å²) in [6.45, 7) is 6.75. The van der Waals surface area contributed by atoms with Crippen molar-refractivity contribution in [1.82, 2.24) is 4.90 Å². The fourth-order valence-electron chi connectivity index (χ4n) is 3.08. The number of para-hydroxylation sites is 1. The number of aliphatic hydroxyl groups is 1. The van der Waals surface area contributed by atoms with Crippen molar-refractivity contribution in [3.63, 3.8) is 0 Å². The van der Waals surface area contributed by atoms with Crippen molar-refractivity contribution >= 4 is 17.5 Å². The molecule has 2 atom stereocenters. The molecule has 126 valence electrons. The molecule has 1 fully saturated rings. The Morgan fingerprint density at radius 2 is 1.91 bits per heavy atom. The quantitative estimate of drug-likeness (QED) is 0.834. The average Bonchev–Trinajstić information content (AvgIpc) is 3.04. The Morgan fingerprint density at radius 3 is 2.39 bits per heavy atom. The number of aliphatic hydroxyl groups excluding tert-OH is 1. The lowest BCUT2D eigenvalue weighted by atomic mass is 10.0. The largest absolute Gasteiger partial charge is 0.393 e. The molecule has 0 bridgehead atoms. The van der Waals surface area contributed by atoms with Crippen molar-refractivity contribution in [2.75, 3.05) is 18.4 Å². The second kappa shape index (κ2) is 7.59. The fourth-order valence-corrected chi connectivity index (χ4v) is 3.08. The van der Waals surface area contributed by atoms with E-state index in [1.54, 1.807) is 6.92 Å². The molecule has 5 nitrogen and oxygen atoms in total. The minimum Gasteiger partial charge on any atom is -0.393 e. The van der Waals surface area contributed by atoms with Crippen LogP contribution in [-0.2, 0) is 22.4 Å². The van der Waals surface area contributed by atoms with Crippen LogP contribution in [0.2, 0.25) is 0 Å². The lowest BCUT2D eigenvalue weighted by Gasteiger charge is -2.19. The summed E-state index contributed by atoms with van der Waals surface area (Å²) in [6.07, 6.45) is 1.88. The van der Waals surface area contributed by atoms with Crippen molar-refractivity contribution in [1.29, 1.82) is 0 Å². The van der Waals surface area contributed by atoms with Crippen LogP contribution in [0.4, 0.5) is 5.69 Å². The predicted molar refractivity (Wildman–Crippen MR) is 90.2 cm³/mol. The number of hydrogen-bond donors (Lipinski definition) is 2. The van der Waals surface area contributed by atoms with E-state index in [0.717, 1.165) is 36.1 Å². The third-order valence-electron chi connectivity index (χ3n) is 4.63. The second-order valence-electron chi connectivity index (χ2n) is 6.15. The Labute approximate surface area is 137 Å². The summed E-state index contributed by atoms with van der Waals surface area (Å²) in [7, 11) is 0. The molecular formula is C18H26N2O3. The number of carbonyl (C=O) groups excluding carboxylic acids is 2. The van der Waals surface area contributed by atoms with Crippen molar-refractivity contribution in [3.05, 3.63) is 29.3 Å². The van der Waals surface area contributed by atoms with Gasteiger partial charge in [-0.15, -0.1) is 0 Å². The molecule has 0 radical (unpaired) electrons. The summed E-state index contributed by atoms with van der Waals surface area (Å²) in [5.74, 6) is -1.05. The molecule has 2 amide bonds. The smallest absolute Gasteiger partial charge is 0.313 e. The lowest BCUT2D eigenvalue weighted by molar-refractivity contribution is -0.142.